The minimum absolute atomic E-state index is 0.594. The van der Waals surface area contributed by atoms with Crippen LogP contribution in [-0.2, 0) is 0 Å². The lowest BCUT2D eigenvalue weighted by Crippen LogP contribution is -2.09. The monoisotopic (exact) mass is 645 g/mol. The highest BCUT2D eigenvalue weighted by molar-refractivity contribution is 6.09. The molecule has 0 N–H and O–H groups in total. The Morgan fingerprint density at radius 2 is 0.820 bits per heavy atom. The van der Waals surface area contributed by atoms with Gasteiger partial charge in [0.1, 0.15) is 22.2 Å². The third-order valence-electron chi connectivity index (χ3n) is 9.17. The minimum atomic E-state index is 0.594. The van der Waals surface area contributed by atoms with Crippen molar-refractivity contribution in [2.75, 3.05) is 4.90 Å². The second-order valence-electron chi connectivity index (χ2n) is 12.2. The number of hydrogen-bond acceptors (Lipinski definition) is 6. The van der Waals surface area contributed by atoms with Crippen LogP contribution in [0.1, 0.15) is 0 Å². The molecule has 0 aliphatic heterocycles. The van der Waals surface area contributed by atoms with Gasteiger partial charge < -0.3 is 18.2 Å². The smallest absolute Gasteiger partial charge is 0.227 e. The fourth-order valence-electron chi connectivity index (χ4n) is 6.71. The summed E-state index contributed by atoms with van der Waals surface area (Å²) in [5.41, 5.74) is 11.9. The number of anilines is 3. The van der Waals surface area contributed by atoms with Crippen LogP contribution in [0.15, 0.2) is 177 Å². The average molecular weight is 646 g/mol. The van der Waals surface area contributed by atoms with Crippen LogP contribution >= 0.6 is 0 Å². The molecule has 0 fully saturated rings. The van der Waals surface area contributed by atoms with Crippen molar-refractivity contribution in [3.63, 3.8) is 0 Å². The SMILES string of the molecule is c1ccc2oc(-c3ccc(N(c4ccc(-c5nc6ccccc6o5)cc4)c4ccc(-c5cccc6c5oc5ccccc56)cc4)cc3)nc2c1. The fraction of sp³-hybridized carbons (Fsp3) is 0. The maximum atomic E-state index is 6.35. The van der Waals surface area contributed by atoms with E-state index in [0.29, 0.717) is 11.8 Å². The quantitative estimate of drug-likeness (QED) is 0.179. The number of aromatic nitrogens is 2. The summed E-state index contributed by atoms with van der Waals surface area (Å²) < 4.78 is 18.5. The molecule has 0 saturated carbocycles. The molecule has 7 aromatic carbocycles. The first-order valence-corrected chi connectivity index (χ1v) is 16.5. The fourth-order valence-corrected chi connectivity index (χ4v) is 6.71. The summed E-state index contributed by atoms with van der Waals surface area (Å²) in [4.78, 5) is 11.6. The van der Waals surface area contributed by atoms with Gasteiger partial charge in [-0.1, -0.05) is 72.8 Å². The summed E-state index contributed by atoms with van der Waals surface area (Å²) in [5.74, 6) is 1.19. The second kappa shape index (κ2) is 11.4. The van der Waals surface area contributed by atoms with E-state index in [2.05, 4.69) is 102 Å². The largest absolute Gasteiger partial charge is 0.455 e. The lowest BCUT2D eigenvalue weighted by atomic mass is 10.0. The van der Waals surface area contributed by atoms with Crippen LogP contribution in [0.25, 0.3) is 78.2 Å². The molecule has 0 amide bonds. The van der Waals surface area contributed by atoms with Gasteiger partial charge in [-0.25, -0.2) is 9.97 Å². The molecule has 0 spiro atoms. The maximum absolute atomic E-state index is 6.35. The predicted molar refractivity (Wildman–Crippen MR) is 200 cm³/mol. The summed E-state index contributed by atoms with van der Waals surface area (Å²) in [7, 11) is 0. The molecule has 0 radical (unpaired) electrons. The number of furan rings is 1. The number of fused-ring (bicyclic) bond motifs is 5. The topological polar surface area (TPSA) is 68.4 Å². The van der Waals surface area contributed by atoms with Crippen molar-refractivity contribution in [1.82, 2.24) is 9.97 Å². The molecule has 3 aromatic heterocycles. The van der Waals surface area contributed by atoms with Crippen molar-refractivity contribution in [3.05, 3.63) is 164 Å². The molecule has 10 aromatic rings. The zero-order chi connectivity index (χ0) is 33.0. The molecule has 50 heavy (non-hydrogen) atoms. The third kappa shape index (κ3) is 4.73. The van der Waals surface area contributed by atoms with E-state index in [1.54, 1.807) is 0 Å². The molecule has 0 unspecified atom stereocenters. The van der Waals surface area contributed by atoms with Gasteiger partial charge in [0.25, 0.3) is 0 Å². The molecule has 0 saturated heterocycles. The summed E-state index contributed by atoms with van der Waals surface area (Å²) in [6, 6.07) is 55.4. The van der Waals surface area contributed by atoms with Gasteiger partial charge in [-0.3, -0.25) is 0 Å². The van der Waals surface area contributed by atoms with Gasteiger partial charge in [0, 0.05) is 44.5 Å². The van der Waals surface area contributed by atoms with Crippen molar-refractivity contribution in [3.8, 4) is 34.0 Å². The Bertz CT molecular complexity index is 2630. The second-order valence-corrected chi connectivity index (χ2v) is 12.2. The summed E-state index contributed by atoms with van der Waals surface area (Å²) >= 11 is 0. The molecule has 0 aliphatic rings. The van der Waals surface area contributed by atoms with Crippen LogP contribution in [-0.4, -0.2) is 9.97 Å². The van der Waals surface area contributed by atoms with E-state index >= 15 is 0 Å². The summed E-state index contributed by atoms with van der Waals surface area (Å²) in [6.07, 6.45) is 0. The van der Waals surface area contributed by atoms with E-state index in [4.69, 9.17) is 23.2 Å². The number of para-hydroxylation sites is 6. The first-order chi connectivity index (χ1) is 24.7. The van der Waals surface area contributed by atoms with Crippen LogP contribution in [0, 0.1) is 0 Å². The number of oxazole rings is 2. The first-order valence-electron chi connectivity index (χ1n) is 16.5. The van der Waals surface area contributed by atoms with Crippen LogP contribution in [0.2, 0.25) is 0 Å². The first kappa shape index (κ1) is 28.1. The highest BCUT2D eigenvalue weighted by Crippen LogP contribution is 2.40. The molecule has 0 atom stereocenters. The summed E-state index contributed by atoms with van der Waals surface area (Å²) in [6.45, 7) is 0. The highest BCUT2D eigenvalue weighted by Gasteiger charge is 2.17. The van der Waals surface area contributed by atoms with Crippen molar-refractivity contribution < 1.29 is 13.3 Å². The van der Waals surface area contributed by atoms with E-state index in [0.717, 1.165) is 83.5 Å². The number of hydrogen-bond donors (Lipinski definition) is 0. The van der Waals surface area contributed by atoms with Crippen LogP contribution < -0.4 is 4.90 Å². The molecule has 10 rings (SSSR count). The Hall–Kier alpha value is -6.92. The van der Waals surface area contributed by atoms with E-state index in [1.807, 2.05) is 66.7 Å². The van der Waals surface area contributed by atoms with Gasteiger partial charge in [0.05, 0.1) is 0 Å². The van der Waals surface area contributed by atoms with Crippen molar-refractivity contribution >= 4 is 61.2 Å². The molecular formula is C44H27N3O3. The number of benzene rings is 7. The van der Waals surface area contributed by atoms with Gasteiger partial charge in [-0.2, -0.15) is 0 Å². The zero-order valence-corrected chi connectivity index (χ0v) is 26.7. The van der Waals surface area contributed by atoms with Crippen molar-refractivity contribution in [2.45, 2.75) is 0 Å². The standard InChI is InChI=1S/C44H27N3O3/c1-4-13-39-35(8-1)36-10-7-9-34(42(36)48-39)28-16-22-31(23-17-28)47(32-24-18-29(19-25-32)43-45-37-11-2-5-14-40(37)49-43)33-26-20-30(21-27-33)44-46-38-12-3-6-15-41(38)50-44/h1-27H. The van der Waals surface area contributed by atoms with Crippen LogP contribution in [0.5, 0.6) is 0 Å². The Morgan fingerprint density at radius 3 is 1.36 bits per heavy atom. The Kier molecular flexibility index (Phi) is 6.39. The molecule has 3 heterocycles. The van der Waals surface area contributed by atoms with E-state index < -0.39 is 0 Å². The molecule has 0 bridgehead atoms. The van der Waals surface area contributed by atoms with Gasteiger partial charge in [0.15, 0.2) is 11.2 Å². The molecule has 236 valence electrons. The van der Waals surface area contributed by atoms with Crippen LogP contribution in [0.4, 0.5) is 17.1 Å². The highest BCUT2D eigenvalue weighted by atomic mass is 16.4. The minimum Gasteiger partial charge on any atom is -0.455 e. The molecule has 0 aliphatic carbocycles. The molecule has 6 nitrogen and oxygen atoms in total. The van der Waals surface area contributed by atoms with E-state index in [9.17, 15) is 0 Å². The molecular weight excluding hydrogens is 619 g/mol. The number of rotatable bonds is 6. The van der Waals surface area contributed by atoms with Gasteiger partial charge in [-0.15, -0.1) is 0 Å². The average Bonchev–Trinajstić information content (AvgIpc) is 3.91. The normalized spacial score (nSPS) is 11.6. The van der Waals surface area contributed by atoms with Crippen molar-refractivity contribution in [2.24, 2.45) is 0 Å². The predicted octanol–water partition coefficient (Wildman–Crippen LogP) is 12.3. The van der Waals surface area contributed by atoms with E-state index in [-0.39, 0.29) is 0 Å². The number of nitrogens with zero attached hydrogens (tertiary/aromatic N) is 3. The van der Waals surface area contributed by atoms with Crippen LogP contribution in [0.3, 0.4) is 0 Å². The van der Waals surface area contributed by atoms with Crippen molar-refractivity contribution in [1.29, 1.82) is 0 Å². The Morgan fingerprint density at radius 1 is 0.360 bits per heavy atom. The molecule has 6 heteroatoms. The zero-order valence-electron chi connectivity index (χ0n) is 26.7. The Balaban J connectivity index is 1.04. The lowest BCUT2D eigenvalue weighted by Gasteiger charge is -2.26. The maximum Gasteiger partial charge on any atom is 0.227 e. The summed E-state index contributed by atoms with van der Waals surface area (Å²) in [5, 5.41) is 2.23. The lowest BCUT2D eigenvalue weighted by molar-refractivity contribution is 0.619. The van der Waals surface area contributed by atoms with E-state index in [1.165, 1.54) is 0 Å². The van der Waals surface area contributed by atoms with Gasteiger partial charge in [0.2, 0.25) is 11.8 Å². The Labute approximate surface area is 286 Å². The van der Waals surface area contributed by atoms with Gasteiger partial charge >= 0.3 is 0 Å². The van der Waals surface area contributed by atoms with Gasteiger partial charge in [-0.05, 0) is 96.6 Å². The third-order valence-corrected chi connectivity index (χ3v) is 9.17.